The second kappa shape index (κ2) is 6.41. The molecule has 4 atom stereocenters. The number of anilines is 1. The Bertz CT molecular complexity index is 631. The van der Waals surface area contributed by atoms with Crippen molar-refractivity contribution in [3.8, 4) is 0 Å². The van der Waals surface area contributed by atoms with Crippen LogP contribution in [0.15, 0.2) is 6.20 Å². The summed E-state index contributed by atoms with van der Waals surface area (Å²) < 4.78 is 20.7. The lowest BCUT2D eigenvalue weighted by Gasteiger charge is -2.16. The second-order valence-corrected chi connectivity index (χ2v) is 5.83. The number of hydrogen-bond donors (Lipinski definition) is 6. The molecule has 0 spiro atoms. The van der Waals surface area contributed by atoms with Crippen LogP contribution in [0.5, 0.6) is 0 Å². The Morgan fingerprint density at radius 1 is 1.43 bits per heavy atom. The van der Waals surface area contributed by atoms with Gasteiger partial charge in [-0.05, 0) is 0 Å². The van der Waals surface area contributed by atoms with E-state index in [1.807, 2.05) is 0 Å². The highest BCUT2D eigenvalue weighted by molar-refractivity contribution is 7.46. The summed E-state index contributed by atoms with van der Waals surface area (Å²) in [5.74, 6) is -1.13. The van der Waals surface area contributed by atoms with E-state index in [1.54, 1.807) is 0 Å². The van der Waals surface area contributed by atoms with Crippen molar-refractivity contribution in [1.82, 2.24) is 9.71 Å². The maximum Gasteiger partial charge on any atom is 0.469 e. The molecule has 1 aliphatic rings. The largest absolute Gasteiger partial charge is 0.469 e. The summed E-state index contributed by atoms with van der Waals surface area (Å²) >= 11 is 0. The molecular weight excluding hydrogens is 339 g/mol. The number of nitrogens with zero attached hydrogens (tertiary/aromatic N) is 2. The zero-order valence-corrected chi connectivity index (χ0v) is 12.3. The third-order valence-electron chi connectivity index (χ3n) is 2.90. The molecule has 0 bridgehead atoms. The Hall–Kier alpha value is -1.73. The summed E-state index contributed by atoms with van der Waals surface area (Å²) in [5.41, 5.74) is 10.3. The fourth-order valence-electron chi connectivity index (χ4n) is 1.80. The Balaban J connectivity index is 2.03. The first-order valence-corrected chi connectivity index (χ1v) is 7.65. The van der Waals surface area contributed by atoms with Crippen LogP contribution in [-0.4, -0.2) is 66.8 Å². The van der Waals surface area contributed by atoms with E-state index >= 15 is 0 Å². The average molecular weight is 354 g/mol. The number of aliphatic hydroxyl groups is 2. The molecule has 1 saturated heterocycles. The lowest BCUT2D eigenvalue weighted by Crippen LogP contribution is -2.38. The number of phosphoric ester groups is 1. The molecule has 130 valence electrons. The van der Waals surface area contributed by atoms with Crippen LogP contribution in [0.4, 0.5) is 5.95 Å². The van der Waals surface area contributed by atoms with E-state index in [0.29, 0.717) is 0 Å². The maximum absolute atomic E-state index is 11.0. The zero-order valence-electron chi connectivity index (χ0n) is 11.4. The van der Waals surface area contributed by atoms with Gasteiger partial charge >= 0.3 is 7.82 Å². The highest BCUT2D eigenvalue weighted by Gasteiger charge is 2.45. The maximum atomic E-state index is 11.0. The van der Waals surface area contributed by atoms with Gasteiger partial charge in [0.25, 0.3) is 12.2 Å². The quantitative estimate of drug-likeness (QED) is 0.276. The molecule has 0 aromatic carbocycles. The Morgan fingerprint density at radius 3 is 2.61 bits per heavy atom. The van der Waals surface area contributed by atoms with E-state index in [-0.39, 0.29) is 11.6 Å². The van der Waals surface area contributed by atoms with E-state index in [9.17, 15) is 19.6 Å². The number of hydrogen-bond acceptors (Lipinski definition) is 9. The van der Waals surface area contributed by atoms with E-state index in [4.69, 9.17) is 30.8 Å². The number of aliphatic hydroxyl groups excluding tert-OH is 2. The number of phosphoric acid groups is 1. The third kappa shape index (κ3) is 4.17. The average Bonchev–Trinajstić information content (AvgIpc) is 2.92. The summed E-state index contributed by atoms with van der Waals surface area (Å²) in [7, 11) is -4.77. The number of nitrogens with two attached hydrogens (primary N) is 2. The Morgan fingerprint density at radius 2 is 2.09 bits per heavy atom. The normalized spacial score (nSPS) is 28.0. The van der Waals surface area contributed by atoms with Crippen molar-refractivity contribution in [3.63, 3.8) is 0 Å². The summed E-state index contributed by atoms with van der Waals surface area (Å²) in [4.78, 5) is 36.9. The predicted molar refractivity (Wildman–Crippen MR) is 70.4 cm³/mol. The molecule has 0 aliphatic carbocycles. The molecule has 8 N–H and O–H groups in total. The van der Waals surface area contributed by atoms with E-state index < -0.39 is 44.9 Å². The van der Waals surface area contributed by atoms with Gasteiger partial charge < -0.3 is 41.0 Å². The molecule has 0 unspecified atom stereocenters. The van der Waals surface area contributed by atoms with E-state index in [2.05, 4.69) is 9.51 Å². The molecule has 13 nitrogen and oxygen atoms in total. The molecule has 23 heavy (non-hydrogen) atoms. The number of imidazole rings is 1. The molecule has 2 rings (SSSR count). The van der Waals surface area contributed by atoms with Crippen molar-refractivity contribution in [2.24, 2.45) is 5.73 Å². The topological polar surface area (TPSA) is 213 Å². The van der Waals surface area contributed by atoms with Crippen molar-refractivity contribution < 1.29 is 43.5 Å². The number of rotatable bonds is 6. The van der Waals surface area contributed by atoms with Crippen LogP contribution in [-0.2, 0) is 13.8 Å². The van der Waals surface area contributed by atoms with Crippen molar-refractivity contribution >= 4 is 19.7 Å². The SMILES string of the molecule is NC(=O)c1cn(O[C@@H]2O[C@H](COP(=O)(O)O)[C@@H](O)[C@H]2O)c(N)n1. The van der Waals surface area contributed by atoms with Gasteiger partial charge in [0, 0.05) is 0 Å². The molecule has 1 aliphatic heterocycles. The van der Waals surface area contributed by atoms with Gasteiger partial charge in [-0.3, -0.25) is 9.32 Å². The van der Waals surface area contributed by atoms with Crippen LogP contribution >= 0.6 is 7.82 Å². The number of carbonyl (C=O) groups is 1. The predicted octanol–water partition coefficient (Wildman–Crippen LogP) is -3.45. The van der Waals surface area contributed by atoms with Crippen LogP contribution < -0.4 is 16.3 Å². The first-order valence-electron chi connectivity index (χ1n) is 6.12. The summed E-state index contributed by atoms with van der Waals surface area (Å²) in [5, 5.41) is 19.6. The number of ether oxygens (including phenoxy) is 1. The minimum Gasteiger partial charge on any atom is -0.387 e. The molecule has 0 radical (unpaired) electrons. The number of carbonyl (C=O) groups excluding carboxylic acids is 1. The highest BCUT2D eigenvalue weighted by Crippen LogP contribution is 2.37. The van der Waals surface area contributed by atoms with Gasteiger partial charge in [0.2, 0.25) is 5.95 Å². The van der Waals surface area contributed by atoms with Gasteiger partial charge in [-0.25, -0.2) is 9.55 Å². The van der Waals surface area contributed by atoms with Gasteiger partial charge in [-0.15, -0.1) is 0 Å². The van der Waals surface area contributed by atoms with Gasteiger partial charge in [-0.2, -0.15) is 4.73 Å². The van der Waals surface area contributed by atoms with Gasteiger partial charge in [0.1, 0.15) is 18.3 Å². The van der Waals surface area contributed by atoms with Crippen molar-refractivity contribution in [2.45, 2.75) is 24.6 Å². The first kappa shape index (κ1) is 17.6. The fourth-order valence-corrected chi connectivity index (χ4v) is 2.14. The summed E-state index contributed by atoms with van der Waals surface area (Å²) in [6.45, 7) is -0.686. The van der Waals surface area contributed by atoms with Crippen molar-refractivity contribution in [2.75, 3.05) is 12.3 Å². The first-order chi connectivity index (χ1) is 10.6. The van der Waals surface area contributed by atoms with E-state index in [1.165, 1.54) is 0 Å². The van der Waals surface area contributed by atoms with Crippen LogP contribution in [0.3, 0.4) is 0 Å². The van der Waals surface area contributed by atoms with E-state index in [0.717, 1.165) is 10.9 Å². The summed E-state index contributed by atoms with van der Waals surface area (Å²) in [6.07, 6.45) is -4.78. The van der Waals surface area contributed by atoms with Crippen LogP contribution in [0, 0.1) is 0 Å². The minimum atomic E-state index is -4.77. The Kier molecular flexibility index (Phi) is 4.91. The fraction of sp³-hybridized carbons (Fsp3) is 0.556. The number of aromatic nitrogens is 2. The molecule has 2 heterocycles. The highest BCUT2D eigenvalue weighted by atomic mass is 31.2. The smallest absolute Gasteiger partial charge is 0.387 e. The molecule has 1 aromatic heterocycles. The zero-order chi connectivity index (χ0) is 17.4. The monoisotopic (exact) mass is 354 g/mol. The van der Waals surface area contributed by atoms with Gasteiger partial charge in [0.05, 0.1) is 12.8 Å². The minimum absolute atomic E-state index is 0.197. The third-order valence-corrected chi connectivity index (χ3v) is 3.38. The number of amides is 1. The molecule has 1 aromatic rings. The van der Waals surface area contributed by atoms with Crippen molar-refractivity contribution in [3.05, 3.63) is 11.9 Å². The van der Waals surface area contributed by atoms with Gasteiger partial charge in [-0.1, -0.05) is 0 Å². The molecule has 14 heteroatoms. The lowest BCUT2D eigenvalue weighted by atomic mass is 10.1. The second-order valence-electron chi connectivity index (χ2n) is 4.59. The summed E-state index contributed by atoms with van der Waals surface area (Å²) in [6, 6.07) is 0. The van der Waals surface area contributed by atoms with Crippen molar-refractivity contribution in [1.29, 1.82) is 0 Å². The number of nitrogen functional groups attached to an aromatic ring is 1. The Labute approximate surface area is 128 Å². The van der Waals surface area contributed by atoms with Crippen LogP contribution in [0.2, 0.25) is 0 Å². The standard InChI is InChI=1S/C9H15N4O9P/c10-7(16)3-1-13(9(11)12-3)22-8-6(15)5(14)4(21-8)2-20-23(17,18)19/h1,4-6,8,14-15H,2H2,(H2,10,16)(H2,11,12)(H2,17,18,19)/t4-,5-,6-,8+/m1/s1. The molecule has 1 amide bonds. The molecule has 1 fully saturated rings. The molecular formula is C9H15N4O9P. The van der Waals surface area contributed by atoms with Gasteiger partial charge in [0.15, 0.2) is 5.69 Å². The van der Waals surface area contributed by atoms with Crippen LogP contribution in [0.25, 0.3) is 0 Å². The molecule has 0 saturated carbocycles. The lowest BCUT2D eigenvalue weighted by molar-refractivity contribution is -0.169. The number of primary amides is 1. The van der Waals surface area contributed by atoms with Crippen LogP contribution in [0.1, 0.15) is 10.5 Å².